The minimum Gasteiger partial charge on any atom is -0.456 e. The molecule has 0 aliphatic heterocycles. The van der Waals surface area contributed by atoms with Crippen LogP contribution in [0, 0.1) is 29.6 Å². The third-order valence-electron chi connectivity index (χ3n) is 14.8. The fourth-order valence-electron chi connectivity index (χ4n) is 12.4. The summed E-state index contributed by atoms with van der Waals surface area (Å²) in [5.74, 6) is 4.22. The van der Waals surface area contributed by atoms with Gasteiger partial charge in [-0.1, -0.05) is 129 Å². The quantitative estimate of drug-likeness (QED) is 0.176. The van der Waals surface area contributed by atoms with Crippen LogP contribution >= 0.6 is 0 Å². The lowest BCUT2D eigenvalue weighted by Crippen LogP contribution is -2.54. The maximum atomic E-state index is 6.17. The zero-order valence-electron chi connectivity index (χ0n) is 31.9. The summed E-state index contributed by atoms with van der Waals surface area (Å²) in [6.07, 6.45) is 7.09. The summed E-state index contributed by atoms with van der Waals surface area (Å²) in [6.45, 7) is 2.61. The first-order valence-corrected chi connectivity index (χ1v) is 20.8. The zero-order valence-corrected chi connectivity index (χ0v) is 31.9. The Kier molecular flexibility index (Phi) is 7.13. The fourth-order valence-corrected chi connectivity index (χ4v) is 12.4. The molecule has 0 amide bonds. The summed E-state index contributed by atoms with van der Waals surface area (Å²) in [5.41, 5.74) is 16.6. The van der Waals surface area contributed by atoms with E-state index in [1.54, 1.807) is 11.1 Å². The van der Waals surface area contributed by atoms with Crippen LogP contribution in [0.2, 0.25) is 0 Å². The summed E-state index contributed by atoms with van der Waals surface area (Å²) in [6, 6.07) is 60.6. The summed E-state index contributed by atoms with van der Waals surface area (Å²) < 4.78 is 6.17. The molecule has 56 heavy (non-hydrogen) atoms. The molecule has 0 radical (unpaired) electrons. The molecule has 4 aliphatic carbocycles. The minimum atomic E-state index is 0.148. The second-order valence-corrected chi connectivity index (χ2v) is 17.3. The summed E-state index contributed by atoms with van der Waals surface area (Å²) in [4.78, 5) is 2.33. The normalized spacial score (nSPS) is 24.4. The van der Waals surface area contributed by atoms with E-state index in [0.29, 0.717) is 0 Å². The van der Waals surface area contributed by atoms with Crippen molar-refractivity contribution in [1.29, 1.82) is 0 Å². The van der Waals surface area contributed by atoms with E-state index in [2.05, 4.69) is 163 Å². The van der Waals surface area contributed by atoms with Gasteiger partial charge in [0, 0.05) is 33.2 Å². The lowest BCUT2D eigenvalue weighted by molar-refractivity contribution is -0.0584. The Morgan fingerprint density at radius 1 is 0.536 bits per heavy atom. The second kappa shape index (κ2) is 12.3. The second-order valence-electron chi connectivity index (χ2n) is 17.3. The van der Waals surface area contributed by atoms with E-state index in [9.17, 15) is 0 Å². The zero-order chi connectivity index (χ0) is 37.0. The molecule has 0 N–H and O–H groups in total. The van der Waals surface area contributed by atoms with Gasteiger partial charge in [0.2, 0.25) is 0 Å². The Morgan fingerprint density at radius 3 is 2.05 bits per heavy atom. The highest BCUT2D eigenvalue weighted by molar-refractivity contribution is 6.06. The third-order valence-corrected chi connectivity index (χ3v) is 14.8. The Morgan fingerprint density at radius 2 is 1.20 bits per heavy atom. The number of para-hydroxylation sites is 2. The van der Waals surface area contributed by atoms with Crippen molar-refractivity contribution in [3.8, 4) is 33.4 Å². The fraction of sp³-hybridized carbons (Fsp3) is 0.222. The SMILES string of the molecule is C[C@H]1C2CC3CCC2CC2(c4ccccc4-c4c(-c5ccc(-c6ccc(N(c7ccccc7)c7ccc8oc9ccccc9c8c7)cc6)cc5)cccc42)C1C3. The molecule has 6 atom stereocenters. The number of hydrogen-bond acceptors (Lipinski definition) is 2. The first-order chi connectivity index (χ1) is 27.6. The van der Waals surface area contributed by atoms with Crippen molar-refractivity contribution in [3.63, 3.8) is 0 Å². The maximum Gasteiger partial charge on any atom is 0.135 e. The first-order valence-electron chi connectivity index (χ1n) is 20.8. The highest BCUT2D eigenvalue weighted by Crippen LogP contribution is 2.68. The number of fused-ring (bicyclic) bond motifs is 11. The molecule has 8 aromatic rings. The number of anilines is 3. The molecule has 3 bridgehead atoms. The van der Waals surface area contributed by atoms with E-state index in [1.165, 1.54) is 65.5 Å². The Labute approximate surface area is 329 Å². The van der Waals surface area contributed by atoms with Gasteiger partial charge in [-0.2, -0.15) is 0 Å². The lowest BCUT2D eigenvalue weighted by Gasteiger charge is -2.60. The third kappa shape index (κ3) is 4.68. The van der Waals surface area contributed by atoms with Crippen molar-refractivity contribution >= 4 is 39.0 Å². The maximum absolute atomic E-state index is 6.17. The molecule has 1 aromatic heterocycles. The van der Waals surface area contributed by atoms with Gasteiger partial charge in [0.15, 0.2) is 0 Å². The van der Waals surface area contributed by atoms with Crippen molar-refractivity contribution in [2.45, 2.75) is 44.4 Å². The van der Waals surface area contributed by atoms with Crippen molar-refractivity contribution < 1.29 is 4.42 Å². The van der Waals surface area contributed by atoms with Crippen LogP contribution in [-0.2, 0) is 5.41 Å². The minimum absolute atomic E-state index is 0.148. The highest BCUT2D eigenvalue weighted by atomic mass is 16.3. The van der Waals surface area contributed by atoms with E-state index < -0.39 is 0 Å². The molecular weight excluding hydrogens is 679 g/mol. The monoisotopic (exact) mass is 723 g/mol. The van der Waals surface area contributed by atoms with E-state index in [4.69, 9.17) is 4.42 Å². The average Bonchev–Trinajstić information content (AvgIpc) is 3.76. The van der Waals surface area contributed by atoms with Crippen LogP contribution in [-0.4, -0.2) is 0 Å². The van der Waals surface area contributed by atoms with E-state index >= 15 is 0 Å². The van der Waals surface area contributed by atoms with Crippen molar-refractivity contribution in [1.82, 2.24) is 0 Å². The predicted octanol–water partition coefficient (Wildman–Crippen LogP) is 14.7. The molecule has 0 saturated heterocycles. The van der Waals surface area contributed by atoms with Crippen LogP contribution in [0.4, 0.5) is 17.1 Å². The molecule has 4 aliphatic rings. The summed E-state index contributed by atoms with van der Waals surface area (Å²) >= 11 is 0. The van der Waals surface area contributed by atoms with Crippen molar-refractivity contribution in [3.05, 3.63) is 175 Å². The smallest absolute Gasteiger partial charge is 0.135 e. The standard InChI is InChI=1S/C54H45NO/c1-34-46-30-35-18-19-39(46)33-54(50(34)31-35)48-15-7-5-13-45(48)53-43(14-9-16-49(53)54)38-22-20-36(21-23-38)37-24-26-41(27-25-37)55(40-10-3-2-4-11-40)42-28-29-52-47(32-42)44-12-6-8-17-51(44)56-52/h2-17,20-29,32,34-35,39,46,50H,18-19,30-31,33H2,1H3/t34-,35?,39?,46?,50?,54?/m0/s1. The molecule has 3 saturated carbocycles. The summed E-state index contributed by atoms with van der Waals surface area (Å²) in [7, 11) is 0. The number of hydrogen-bond donors (Lipinski definition) is 0. The van der Waals surface area contributed by atoms with Crippen molar-refractivity contribution in [2.24, 2.45) is 29.6 Å². The molecule has 1 spiro atoms. The number of furan rings is 1. The number of rotatable bonds is 5. The van der Waals surface area contributed by atoms with Gasteiger partial charge in [-0.3, -0.25) is 0 Å². The van der Waals surface area contributed by atoms with Gasteiger partial charge in [0.25, 0.3) is 0 Å². The van der Waals surface area contributed by atoms with Gasteiger partial charge in [0.1, 0.15) is 11.2 Å². The molecule has 5 unspecified atom stereocenters. The molecule has 2 nitrogen and oxygen atoms in total. The van der Waals surface area contributed by atoms with Gasteiger partial charge in [-0.05, 0) is 148 Å². The molecule has 272 valence electrons. The van der Waals surface area contributed by atoms with Crippen molar-refractivity contribution in [2.75, 3.05) is 4.90 Å². The van der Waals surface area contributed by atoms with Crippen LogP contribution < -0.4 is 4.90 Å². The van der Waals surface area contributed by atoms with Gasteiger partial charge in [-0.25, -0.2) is 0 Å². The highest BCUT2D eigenvalue weighted by Gasteiger charge is 2.60. The molecule has 7 aromatic carbocycles. The van der Waals surface area contributed by atoms with E-state index in [-0.39, 0.29) is 5.41 Å². The van der Waals surface area contributed by atoms with E-state index in [0.717, 1.165) is 68.6 Å². The predicted molar refractivity (Wildman–Crippen MR) is 232 cm³/mol. The van der Waals surface area contributed by atoms with Gasteiger partial charge in [-0.15, -0.1) is 0 Å². The van der Waals surface area contributed by atoms with E-state index in [1.807, 2.05) is 12.1 Å². The van der Waals surface area contributed by atoms with Crippen LogP contribution in [0.1, 0.15) is 50.2 Å². The molecule has 12 rings (SSSR count). The first kappa shape index (κ1) is 32.4. The van der Waals surface area contributed by atoms with Gasteiger partial charge in [0.05, 0.1) is 0 Å². The molecule has 1 heterocycles. The Hall–Kier alpha value is -5.86. The lowest BCUT2D eigenvalue weighted by atomic mass is 9.44. The summed E-state index contributed by atoms with van der Waals surface area (Å²) in [5, 5.41) is 2.26. The topological polar surface area (TPSA) is 16.4 Å². The Bertz CT molecular complexity index is 2780. The molecule has 2 heteroatoms. The van der Waals surface area contributed by atoms with Crippen LogP contribution in [0.15, 0.2) is 168 Å². The Balaban J connectivity index is 0.896. The molecule has 3 fully saturated rings. The van der Waals surface area contributed by atoms with Gasteiger partial charge < -0.3 is 9.32 Å². The van der Waals surface area contributed by atoms with Crippen LogP contribution in [0.5, 0.6) is 0 Å². The number of benzene rings is 7. The number of nitrogens with zero attached hydrogens (tertiary/aromatic N) is 1. The largest absolute Gasteiger partial charge is 0.456 e. The van der Waals surface area contributed by atoms with Crippen LogP contribution in [0.3, 0.4) is 0 Å². The average molecular weight is 724 g/mol. The van der Waals surface area contributed by atoms with Crippen LogP contribution in [0.25, 0.3) is 55.3 Å². The molecular formula is C54H45NO. The van der Waals surface area contributed by atoms with Gasteiger partial charge >= 0.3 is 0 Å².